The van der Waals surface area contributed by atoms with Crippen molar-refractivity contribution in [2.24, 2.45) is 0 Å². The molecule has 1 aromatic rings. The molecule has 0 spiro atoms. The van der Waals surface area contributed by atoms with Gasteiger partial charge in [-0.3, -0.25) is 10.1 Å². The van der Waals surface area contributed by atoms with Gasteiger partial charge < -0.3 is 4.74 Å². The maximum Gasteiger partial charge on any atom is 0.337 e. The van der Waals surface area contributed by atoms with Gasteiger partial charge in [-0.1, -0.05) is 0 Å². The van der Waals surface area contributed by atoms with E-state index in [1.807, 2.05) is 0 Å². The maximum absolute atomic E-state index is 11.3. The highest BCUT2D eigenvalue weighted by molar-refractivity contribution is 5.90. The van der Waals surface area contributed by atoms with Crippen molar-refractivity contribution in [2.45, 2.75) is 18.8 Å². The van der Waals surface area contributed by atoms with Crippen LogP contribution < -0.4 is 0 Å². The smallest absolute Gasteiger partial charge is 0.337 e. The molecule has 5 heteroatoms. The fraction of sp³-hybridized carbons (Fsp3) is 0.364. The Labute approximate surface area is 92.2 Å². The Morgan fingerprint density at radius 1 is 1.50 bits per heavy atom. The SMILES string of the molecule is COC(=O)c1ccc([N+](=O)[O-])c(C2CC2)c1. The van der Waals surface area contributed by atoms with E-state index >= 15 is 0 Å². The number of methoxy groups -OCH3 is 1. The molecular weight excluding hydrogens is 210 g/mol. The highest BCUT2D eigenvalue weighted by Crippen LogP contribution is 2.44. The van der Waals surface area contributed by atoms with Crippen molar-refractivity contribution in [3.05, 3.63) is 39.4 Å². The van der Waals surface area contributed by atoms with Crippen LogP contribution in [0.25, 0.3) is 0 Å². The first-order valence-corrected chi connectivity index (χ1v) is 5.00. The van der Waals surface area contributed by atoms with E-state index in [0.29, 0.717) is 11.1 Å². The average Bonchev–Trinajstić information content (AvgIpc) is 3.10. The van der Waals surface area contributed by atoms with Crippen molar-refractivity contribution < 1.29 is 14.5 Å². The van der Waals surface area contributed by atoms with E-state index in [4.69, 9.17) is 0 Å². The lowest BCUT2D eigenvalue weighted by atomic mass is 10.0. The van der Waals surface area contributed by atoms with Crippen molar-refractivity contribution >= 4 is 11.7 Å². The molecule has 0 bridgehead atoms. The van der Waals surface area contributed by atoms with Gasteiger partial charge in [0.15, 0.2) is 0 Å². The van der Waals surface area contributed by atoms with Gasteiger partial charge in [0.25, 0.3) is 5.69 Å². The topological polar surface area (TPSA) is 69.4 Å². The van der Waals surface area contributed by atoms with Crippen molar-refractivity contribution in [2.75, 3.05) is 7.11 Å². The fourth-order valence-electron chi connectivity index (χ4n) is 1.69. The Hall–Kier alpha value is -1.91. The van der Waals surface area contributed by atoms with E-state index in [9.17, 15) is 14.9 Å². The second kappa shape index (κ2) is 3.92. The van der Waals surface area contributed by atoms with Gasteiger partial charge in [0.2, 0.25) is 0 Å². The maximum atomic E-state index is 11.3. The summed E-state index contributed by atoms with van der Waals surface area (Å²) in [6.07, 6.45) is 1.90. The minimum absolute atomic E-state index is 0.0927. The predicted octanol–water partition coefficient (Wildman–Crippen LogP) is 2.26. The number of ether oxygens (including phenoxy) is 1. The highest BCUT2D eigenvalue weighted by Gasteiger charge is 2.31. The molecule has 1 fully saturated rings. The predicted molar refractivity (Wildman–Crippen MR) is 56.4 cm³/mol. The van der Waals surface area contributed by atoms with Gasteiger partial charge in [0.05, 0.1) is 17.6 Å². The van der Waals surface area contributed by atoms with Crippen LogP contribution in [0.4, 0.5) is 5.69 Å². The Morgan fingerprint density at radius 3 is 2.69 bits per heavy atom. The summed E-state index contributed by atoms with van der Waals surface area (Å²) in [6, 6.07) is 4.37. The summed E-state index contributed by atoms with van der Waals surface area (Å²) in [5.74, 6) is -0.234. The van der Waals surface area contributed by atoms with Crippen LogP contribution in [0.3, 0.4) is 0 Å². The number of nitro benzene ring substituents is 1. The van der Waals surface area contributed by atoms with Crippen LogP contribution in [0.2, 0.25) is 0 Å². The average molecular weight is 221 g/mol. The van der Waals surface area contributed by atoms with E-state index in [1.54, 1.807) is 6.07 Å². The molecule has 0 radical (unpaired) electrons. The molecule has 5 nitrogen and oxygen atoms in total. The molecule has 1 aliphatic carbocycles. The third kappa shape index (κ3) is 1.88. The van der Waals surface area contributed by atoms with E-state index < -0.39 is 10.9 Å². The van der Waals surface area contributed by atoms with Crippen molar-refractivity contribution in [3.63, 3.8) is 0 Å². The first-order valence-electron chi connectivity index (χ1n) is 5.00. The second-order valence-corrected chi connectivity index (χ2v) is 3.80. The molecule has 0 amide bonds. The molecule has 2 rings (SSSR count). The molecule has 16 heavy (non-hydrogen) atoms. The minimum atomic E-state index is -0.461. The standard InChI is InChI=1S/C11H11NO4/c1-16-11(13)8-4-5-10(12(14)15)9(6-8)7-2-3-7/h4-7H,2-3H2,1H3. The number of rotatable bonds is 3. The van der Waals surface area contributed by atoms with Crippen LogP contribution in [0.1, 0.15) is 34.7 Å². The molecular formula is C11H11NO4. The number of esters is 1. The van der Waals surface area contributed by atoms with Gasteiger partial charge in [-0.2, -0.15) is 0 Å². The number of nitro groups is 1. The monoisotopic (exact) mass is 221 g/mol. The summed E-state index contributed by atoms with van der Waals surface area (Å²) >= 11 is 0. The van der Waals surface area contributed by atoms with E-state index in [-0.39, 0.29) is 11.6 Å². The number of hydrogen-bond donors (Lipinski definition) is 0. The Kier molecular flexibility index (Phi) is 2.60. The van der Waals surface area contributed by atoms with Crippen molar-refractivity contribution in [1.29, 1.82) is 0 Å². The van der Waals surface area contributed by atoms with Gasteiger partial charge in [0, 0.05) is 11.6 Å². The summed E-state index contributed by atoms with van der Waals surface area (Å²) < 4.78 is 4.58. The molecule has 1 aromatic carbocycles. The third-order valence-electron chi connectivity index (χ3n) is 2.66. The van der Waals surface area contributed by atoms with Crippen LogP contribution in [0.5, 0.6) is 0 Å². The number of nitrogens with zero attached hydrogens (tertiary/aromatic N) is 1. The zero-order chi connectivity index (χ0) is 11.7. The number of carbonyl (C=O) groups excluding carboxylic acids is 1. The van der Waals surface area contributed by atoms with E-state index in [2.05, 4.69) is 4.74 Å². The van der Waals surface area contributed by atoms with Gasteiger partial charge in [0.1, 0.15) is 0 Å². The highest BCUT2D eigenvalue weighted by atomic mass is 16.6. The lowest BCUT2D eigenvalue weighted by Gasteiger charge is -2.03. The fourth-order valence-corrected chi connectivity index (χ4v) is 1.69. The van der Waals surface area contributed by atoms with E-state index in [1.165, 1.54) is 19.2 Å². The quantitative estimate of drug-likeness (QED) is 0.446. The van der Waals surface area contributed by atoms with Gasteiger partial charge >= 0.3 is 5.97 Å². The zero-order valence-corrected chi connectivity index (χ0v) is 8.80. The number of benzene rings is 1. The molecule has 1 aliphatic rings. The molecule has 0 unspecified atom stereocenters. The second-order valence-electron chi connectivity index (χ2n) is 3.80. The van der Waals surface area contributed by atoms with Crippen molar-refractivity contribution in [1.82, 2.24) is 0 Å². The molecule has 84 valence electrons. The Balaban J connectivity index is 2.43. The summed E-state index contributed by atoms with van der Waals surface area (Å²) in [7, 11) is 1.29. The van der Waals surface area contributed by atoms with Crippen LogP contribution >= 0.6 is 0 Å². The Bertz CT molecular complexity index is 451. The van der Waals surface area contributed by atoms with Crippen LogP contribution in [-0.4, -0.2) is 18.0 Å². The normalized spacial score (nSPS) is 14.6. The van der Waals surface area contributed by atoms with Crippen molar-refractivity contribution in [3.8, 4) is 0 Å². The molecule has 0 saturated heterocycles. The van der Waals surface area contributed by atoms with E-state index in [0.717, 1.165) is 12.8 Å². The largest absolute Gasteiger partial charge is 0.465 e. The molecule has 0 aliphatic heterocycles. The summed E-state index contributed by atoms with van der Waals surface area (Å²) in [5.41, 5.74) is 1.11. The van der Waals surface area contributed by atoms with Crippen LogP contribution in [-0.2, 0) is 4.74 Å². The van der Waals surface area contributed by atoms with Crippen LogP contribution in [0.15, 0.2) is 18.2 Å². The molecule has 0 atom stereocenters. The minimum Gasteiger partial charge on any atom is -0.465 e. The summed E-state index contributed by atoms with van der Waals surface area (Å²) in [4.78, 5) is 21.7. The number of hydrogen-bond acceptors (Lipinski definition) is 4. The molecule has 0 heterocycles. The van der Waals surface area contributed by atoms with Gasteiger partial charge in [-0.25, -0.2) is 4.79 Å². The lowest BCUT2D eigenvalue weighted by molar-refractivity contribution is -0.385. The zero-order valence-electron chi connectivity index (χ0n) is 8.80. The summed E-state index contributed by atoms with van der Waals surface area (Å²) in [6.45, 7) is 0. The van der Waals surface area contributed by atoms with Crippen LogP contribution in [0, 0.1) is 10.1 Å². The molecule has 0 aromatic heterocycles. The molecule has 0 N–H and O–H groups in total. The Morgan fingerprint density at radius 2 is 2.19 bits per heavy atom. The van der Waals surface area contributed by atoms with Gasteiger partial charge in [-0.05, 0) is 30.9 Å². The third-order valence-corrected chi connectivity index (χ3v) is 2.66. The molecule has 1 saturated carbocycles. The first-order chi connectivity index (χ1) is 7.63. The number of carbonyl (C=O) groups is 1. The van der Waals surface area contributed by atoms with Gasteiger partial charge in [-0.15, -0.1) is 0 Å². The lowest BCUT2D eigenvalue weighted by Crippen LogP contribution is -2.03. The summed E-state index contributed by atoms with van der Waals surface area (Å²) in [5, 5.41) is 10.8. The first kappa shape index (κ1) is 10.6.